The zero-order valence-corrected chi connectivity index (χ0v) is 16.8. The second-order valence-corrected chi connectivity index (χ2v) is 7.29. The van der Waals surface area contributed by atoms with E-state index < -0.39 is 5.82 Å². The van der Waals surface area contributed by atoms with Crippen LogP contribution in [0.1, 0.15) is 18.9 Å². The smallest absolute Gasteiger partial charge is 0.234 e. The van der Waals surface area contributed by atoms with Gasteiger partial charge in [-0.2, -0.15) is 0 Å². The van der Waals surface area contributed by atoms with Crippen LogP contribution < -0.4 is 10.1 Å². The van der Waals surface area contributed by atoms with E-state index in [1.807, 2.05) is 44.3 Å². The summed E-state index contributed by atoms with van der Waals surface area (Å²) in [7, 11) is 1.82. The topological polar surface area (TPSA) is 69.0 Å². The Kier molecular flexibility index (Phi) is 6.53. The van der Waals surface area contributed by atoms with Crippen molar-refractivity contribution in [1.82, 2.24) is 14.8 Å². The van der Waals surface area contributed by atoms with E-state index in [0.717, 1.165) is 5.75 Å². The number of amides is 1. The molecule has 1 N–H and O–H groups in total. The molecule has 1 atom stereocenters. The van der Waals surface area contributed by atoms with Crippen molar-refractivity contribution in [3.63, 3.8) is 0 Å². The first kappa shape index (κ1) is 20.2. The maximum absolute atomic E-state index is 13.2. The van der Waals surface area contributed by atoms with Gasteiger partial charge in [0.05, 0.1) is 10.8 Å². The van der Waals surface area contributed by atoms with Gasteiger partial charge < -0.3 is 14.6 Å². The molecule has 0 bridgehead atoms. The van der Waals surface area contributed by atoms with Gasteiger partial charge in [-0.3, -0.25) is 4.79 Å². The van der Waals surface area contributed by atoms with E-state index >= 15 is 0 Å². The molecule has 0 aliphatic carbocycles. The molecule has 3 aromatic rings. The summed E-state index contributed by atoms with van der Waals surface area (Å²) in [6, 6.07) is 13.5. The number of carbonyl (C=O) groups is 1. The van der Waals surface area contributed by atoms with Crippen LogP contribution in [0.4, 0.5) is 10.1 Å². The molecule has 1 unspecified atom stereocenters. The van der Waals surface area contributed by atoms with Gasteiger partial charge in [0, 0.05) is 12.7 Å². The van der Waals surface area contributed by atoms with E-state index in [9.17, 15) is 9.18 Å². The number of rotatable bonds is 7. The zero-order valence-electron chi connectivity index (χ0n) is 15.2. The molecule has 1 aromatic heterocycles. The van der Waals surface area contributed by atoms with Gasteiger partial charge in [-0.1, -0.05) is 41.6 Å². The maximum Gasteiger partial charge on any atom is 0.234 e. The Bertz CT molecular complexity index is 968. The molecule has 0 aliphatic rings. The highest BCUT2D eigenvalue weighted by Crippen LogP contribution is 2.24. The molecule has 0 saturated carbocycles. The SMILES string of the molecule is CC(Oc1ccccc1)c1nnc(SCC(=O)Nc2ccc(F)c(Cl)c2)n1C. The number of hydrogen-bond donors (Lipinski definition) is 1. The molecule has 1 amide bonds. The van der Waals surface area contributed by atoms with Crippen LogP contribution in [0.2, 0.25) is 5.02 Å². The van der Waals surface area contributed by atoms with Crippen molar-refractivity contribution >= 4 is 35.0 Å². The minimum Gasteiger partial charge on any atom is -0.483 e. The van der Waals surface area contributed by atoms with Gasteiger partial charge in [-0.25, -0.2) is 4.39 Å². The minimum atomic E-state index is -0.535. The van der Waals surface area contributed by atoms with Crippen LogP contribution in [0.5, 0.6) is 5.75 Å². The molecule has 0 radical (unpaired) electrons. The van der Waals surface area contributed by atoms with Crippen molar-refractivity contribution in [1.29, 1.82) is 0 Å². The van der Waals surface area contributed by atoms with Gasteiger partial charge in [-0.15, -0.1) is 10.2 Å². The molecule has 3 rings (SSSR count). The fraction of sp³-hybridized carbons (Fsp3) is 0.211. The fourth-order valence-corrected chi connectivity index (χ4v) is 3.36. The predicted octanol–water partition coefficient (Wildman–Crippen LogP) is 4.48. The Morgan fingerprint density at radius 1 is 1.29 bits per heavy atom. The third kappa shape index (κ3) is 5.02. The minimum absolute atomic E-state index is 0.0456. The Morgan fingerprint density at radius 3 is 2.75 bits per heavy atom. The average molecular weight is 421 g/mol. The number of benzene rings is 2. The van der Waals surface area contributed by atoms with Crippen molar-refractivity contribution < 1.29 is 13.9 Å². The van der Waals surface area contributed by atoms with E-state index in [0.29, 0.717) is 16.7 Å². The molecule has 6 nitrogen and oxygen atoms in total. The van der Waals surface area contributed by atoms with Crippen molar-refractivity contribution in [2.24, 2.45) is 7.05 Å². The van der Waals surface area contributed by atoms with Crippen molar-refractivity contribution in [2.45, 2.75) is 18.2 Å². The largest absolute Gasteiger partial charge is 0.483 e. The van der Waals surface area contributed by atoms with E-state index in [2.05, 4.69) is 15.5 Å². The Balaban J connectivity index is 1.57. The molecule has 9 heteroatoms. The average Bonchev–Trinajstić information content (AvgIpc) is 3.04. The lowest BCUT2D eigenvalue weighted by atomic mass is 10.3. The molecule has 2 aromatic carbocycles. The Hall–Kier alpha value is -2.58. The van der Waals surface area contributed by atoms with Gasteiger partial charge in [0.25, 0.3) is 0 Å². The second kappa shape index (κ2) is 9.07. The summed E-state index contributed by atoms with van der Waals surface area (Å²) in [6.07, 6.45) is -0.301. The number of aromatic nitrogens is 3. The molecule has 0 spiro atoms. The number of halogens is 2. The zero-order chi connectivity index (χ0) is 20.1. The number of para-hydroxylation sites is 1. The number of anilines is 1. The van der Waals surface area contributed by atoms with E-state index in [-0.39, 0.29) is 22.8 Å². The molecule has 0 saturated heterocycles. The molecule has 28 heavy (non-hydrogen) atoms. The summed E-state index contributed by atoms with van der Waals surface area (Å²) < 4.78 is 20.8. The first-order valence-corrected chi connectivity index (χ1v) is 9.79. The summed E-state index contributed by atoms with van der Waals surface area (Å²) in [4.78, 5) is 12.1. The fourth-order valence-electron chi connectivity index (χ4n) is 2.46. The molecule has 146 valence electrons. The Morgan fingerprint density at radius 2 is 2.04 bits per heavy atom. The first-order valence-electron chi connectivity index (χ1n) is 8.42. The molecule has 0 aliphatic heterocycles. The van der Waals surface area contributed by atoms with Crippen LogP contribution in [0.3, 0.4) is 0 Å². The van der Waals surface area contributed by atoms with Crippen LogP contribution in [-0.2, 0) is 11.8 Å². The maximum atomic E-state index is 13.2. The lowest BCUT2D eigenvalue weighted by Crippen LogP contribution is -2.15. The molecule has 1 heterocycles. The van der Waals surface area contributed by atoms with E-state index in [1.54, 1.807) is 4.57 Å². The highest BCUT2D eigenvalue weighted by atomic mass is 35.5. The molecular weight excluding hydrogens is 403 g/mol. The number of thioether (sulfide) groups is 1. The van der Waals surface area contributed by atoms with Crippen LogP contribution in [0, 0.1) is 5.82 Å². The van der Waals surface area contributed by atoms with Crippen molar-refractivity contribution in [3.05, 3.63) is 65.2 Å². The van der Waals surface area contributed by atoms with E-state index in [4.69, 9.17) is 16.3 Å². The van der Waals surface area contributed by atoms with Crippen LogP contribution in [-0.4, -0.2) is 26.4 Å². The summed E-state index contributed by atoms with van der Waals surface area (Å²) in [5.74, 6) is 0.717. The lowest BCUT2D eigenvalue weighted by Gasteiger charge is -2.14. The van der Waals surface area contributed by atoms with Gasteiger partial charge >= 0.3 is 0 Å². The summed E-state index contributed by atoms with van der Waals surface area (Å²) in [5.41, 5.74) is 0.431. The number of nitrogens with zero attached hydrogens (tertiary/aromatic N) is 3. The quantitative estimate of drug-likeness (QED) is 0.571. The van der Waals surface area contributed by atoms with Gasteiger partial charge in [-0.05, 0) is 37.3 Å². The van der Waals surface area contributed by atoms with Gasteiger partial charge in [0.15, 0.2) is 17.1 Å². The van der Waals surface area contributed by atoms with Crippen LogP contribution in [0.25, 0.3) is 0 Å². The van der Waals surface area contributed by atoms with E-state index in [1.165, 1.54) is 30.0 Å². The van der Waals surface area contributed by atoms with Crippen LogP contribution >= 0.6 is 23.4 Å². The first-order chi connectivity index (χ1) is 13.4. The summed E-state index contributed by atoms with van der Waals surface area (Å²) in [5, 5.41) is 11.5. The number of hydrogen-bond acceptors (Lipinski definition) is 5. The van der Waals surface area contributed by atoms with Gasteiger partial charge in [0.1, 0.15) is 11.6 Å². The predicted molar refractivity (Wildman–Crippen MR) is 107 cm³/mol. The van der Waals surface area contributed by atoms with Crippen molar-refractivity contribution in [3.8, 4) is 5.75 Å². The second-order valence-electron chi connectivity index (χ2n) is 5.94. The van der Waals surface area contributed by atoms with Crippen LogP contribution in [0.15, 0.2) is 53.7 Å². The Labute approximate surface area is 171 Å². The third-order valence-corrected chi connectivity index (χ3v) is 5.13. The number of carbonyl (C=O) groups excluding carboxylic acids is 1. The monoisotopic (exact) mass is 420 g/mol. The lowest BCUT2D eigenvalue weighted by molar-refractivity contribution is -0.113. The summed E-state index contributed by atoms with van der Waals surface area (Å²) >= 11 is 6.96. The highest BCUT2D eigenvalue weighted by Gasteiger charge is 2.18. The standard InChI is InChI=1S/C19H18ClFN4O2S/c1-12(27-14-6-4-3-5-7-14)18-23-24-19(25(18)2)28-11-17(26)22-13-8-9-16(21)15(20)10-13/h3-10,12H,11H2,1-2H3,(H,22,26). The van der Waals surface area contributed by atoms with Crippen molar-refractivity contribution in [2.75, 3.05) is 11.1 Å². The number of nitrogens with one attached hydrogen (secondary N) is 1. The molecular formula is C19H18ClFN4O2S. The molecule has 0 fully saturated rings. The highest BCUT2D eigenvalue weighted by molar-refractivity contribution is 7.99. The number of ether oxygens (including phenoxy) is 1. The third-order valence-electron chi connectivity index (χ3n) is 3.82. The summed E-state index contributed by atoms with van der Waals surface area (Å²) in [6.45, 7) is 1.89. The normalized spacial score (nSPS) is 11.9. The van der Waals surface area contributed by atoms with Gasteiger partial charge in [0.2, 0.25) is 5.91 Å².